The molecular formula is C7H8BN3. The van der Waals surface area contributed by atoms with Crippen molar-refractivity contribution in [2.75, 3.05) is 0 Å². The Bertz CT molecular complexity index is 324. The summed E-state index contributed by atoms with van der Waals surface area (Å²) >= 11 is 0. The van der Waals surface area contributed by atoms with Gasteiger partial charge in [0.1, 0.15) is 11.6 Å². The van der Waals surface area contributed by atoms with E-state index in [0.717, 1.165) is 18.9 Å². The highest BCUT2D eigenvalue weighted by molar-refractivity contribution is 6.66. The third kappa shape index (κ3) is 1.11. The number of aromatic nitrogens is 3. The van der Waals surface area contributed by atoms with Crippen LogP contribution in [0.25, 0.3) is 5.47 Å². The van der Waals surface area contributed by atoms with Gasteiger partial charge >= 0.3 is 0 Å². The third-order valence-electron chi connectivity index (χ3n) is 1.67. The first-order valence-corrected chi connectivity index (χ1v) is 3.61. The Morgan fingerprint density at radius 1 is 1.45 bits per heavy atom. The average Bonchev–Trinajstić information content (AvgIpc) is 2.55. The lowest BCUT2D eigenvalue weighted by Gasteiger charge is -1.90. The van der Waals surface area contributed by atoms with Gasteiger partial charge in [0, 0.05) is 0 Å². The molecule has 0 unspecified atom stereocenters. The Hall–Kier alpha value is -1.32. The molecule has 0 amide bonds. The summed E-state index contributed by atoms with van der Waals surface area (Å²) < 4.78 is 0. The highest BCUT2D eigenvalue weighted by Gasteiger charge is 2.07. The Kier molecular flexibility index (Phi) is 1.38. The maximum Gasteiger partial charge on any atom is 0.187 e. The van der Waals surface area contributed by atoms with Crippen LogP contribution >= 0.6 is 0 Å². The van der Waals surface area contributed by atoms with Gasteiger partial charge in [-0.05, 0) is 12.4 Å². The monoisotopic (exact) mass is 145 g/mol. The van der Waals surface area contributed by atoms with Crippen molar-refractivity contribution >= 4 is 12.8 Å². The van der Waals surface area contributed by atoms with Crippen molar-refractivity contribution in [1.82, 2.24) is 15.2 Å². The fraction of sp³-hybridized carbons (Fsp3) is 0.143. The molecule has 1 aliphatic heterocycles. The molecule has 3 nitrogen and oxygen atoms in total. The van der Waals surface area contributed by atoms with Gasteiger partial charge in [-0.2, -0.15) is 0 Å². The molecule has 2 rings (SSSR count). The summed E-state index contributed by atoms with van der Waals surface area (Å²) in [5.74, 6) is 3.87. The van der Waals surface area contributed by atoms with Gasteiger partial charge in [-0.1, -0.05) is 12.2 Å². The number of hydrogen-bond donors (Lipinski definition) is 1. The number of H-pyrrole nitrogens is 1. The second-order valence-electron chi connectivity index (χ2n) is 2.58. The third-order valence-corrected chi connectivity index (χ3v) is 1.67. The van der Waals surface area contributed by atoms with E-state index in [1.54, 1.807) is 0 Å². The Balaban J connectivity index is 2.30. The number of allylic oxidation sites excluding steroid dienone is 2. The van der Waals surface area contributed by atoms with Crippen molar-refractivity contribution in [1.29, 1.82) is 0 Å². The predicted octanol–water partition coefficient (Wildman–Crippen LogP) is 0.418. The lowest BCUT2D eigenvalue weighted by atomic mass is 9.73. The zero-order valence-corrected chi connectivity index (χ0v) is 6.33. The molecule has 4 heteroatoms. The number of nitrogens with zero attached hydrogens (tertiary/aromatic N) is 2. The Labute approximate surface area is 65.5 Å². The molecule has 0 saturated carbocycles. The van der Waals surface area contributed by atoms with Gasteiger partial charge < -0.3 is 4.98 Å². The minimum absolute atomic E-state index is 0.868. The summed E-state index contributed by atoms with van der Waals surface area (Å²) in [5, 5.41) is 7.87. The summed E-state index contributed by atoms with van der Waals surface area (Å²) in [7, 11) is 0.967. The largest absolute Gasteiger partial charge is 0.326 e. The van der Waals surface area contributed by atoms with E-state index in [4.69, 9.17) is 0 Å². The fourth-order valence-corrected chi connectivity index (χ4v) is 1.11. The second kappa shape index (κ2) is 2.38. The van der Waals surface area contributed by atoms with Crippen LogP contribution in [-0.4, -0.2) is 22.5 Å². The molecule has 0 bridgehead atoms. The number of hydrogen-bond acceptors (Lipinski definition) is 2. The molecule has 1 aliphatic rings. The molecule has 0 aliphatic carbocycles. The van der Waals surface area contributed by atoms with Crippen LogP contribution in [0.2, 0.25) is 0 Å². The van der Waals surface area contributed by atoms with Gasteiger partial charge in [-0.15, -0.1) is 16.2 Å². The van der Waals surface area contributed by atoms with E-state index in [0.29, 0.717) is 0 Å². The van der Waals surface area contributed by atoms with Crippen molar-refractivity contribution in [3.05, 3.63) is 29.8 Å². The second-order valence-corrected chi connectivity index (χ2v) is 2.58. The van der Waals surface area contributed by atoms with Crippen molar-refractivity contribution in [3.63, 3.8) is 0 Å². The minimum Gasteiger partial charge on any atom is -0.326 e. The molecule has 1 aromatic heterocycles. The average molecular weight is 145 g/mol. The lowest BCUT2D eigenvalue weighted by Crippen LogP contribution is -1.91. The summed E-state index contributed by atoms with van der Waals surface area (Å²) in [4.78, 5) is 3.09. The Morgan fingerprint density at radius 3 is 2.91 bits per heavy atom. The molecule has 2 heterocycles. The van der Waals surface area contributed by atoms with E-state index in [1.165, 1.54) is 5.47 Å². The number of aromatic amines is 1. The van der Waals surface area contributed by atoms with E-state index in [1.807, 2.05) is 13.0 Å². The highest BCUT2D eigenvalue weighted by Crippen LogP contribution is 2.11. The topological polar surface area (TPSA) is 41.6 Å². The van der Waals surface area contributed by atoms with Crippen molar-refractivity contribution < 1.29 is 0 Å². The summed E-state index contributed by atoms with van der Waals surface area (Å²) in [5.41, 5.74) is 1.21. The van der Waals surface area contributed by atoms with Crippen LogP contribution in [0.5, 0.6) is 0 Å². The van der Waals surface area contributed by atoms with Crippen LogP contribution < -0.4 is 0 Å². The molecule has 0 atom stereocenters. The first-order chi connectivity index (χ1) is 5.36. The van der Waals surface area contributed by atoms with Gasteiger partial charge in [0.25, 0.3) is 0 Å². The lowest BCUT2D eigenvalue weighted by molar-refractivity contribution is 1.03. The minimum atomic E-state index is 0.868. The molecule has 54 valence electrons. The van der Waals surface area contributed by atoms with Gasteiger partial charge in [0.15, 0.2) is 7.28 Å². The summed E-state index contributed by atoms with van der Waals surface area (Å²) in [6.07, 6.45) is 4.09. The first-order valence-electron chi connectivity index (χ1n) is 3.61. The van der Waals surface area contributed by atoms with Crippen LogP contribution in [0.1, 0.15) is 11.6 Å². The van der Waals surface area contributed by atoms with Crippen LogP contribution in [0, 0.1) is 6.92 Å². The van der Waals surface area contributed by atoms with Crippen molar-refractivity contribution in [2.24, 2.45) is 0 Å². The van der Waals surface area contributed by atoms with Gasteiger partial charge in [0.05, 0.1) is 0 Å². The van der Waals surface area contributed by atoms with E-state index < -0.39 is 0 Å². The van der Waals surface area contributed by atoms with Crippen LogP contribution in [0.15, 0.2) is 18.1 Å². The highest BCUT2D eigenvalue weighted by atomic mass is 15.2. The SMILES string of the molecule is Cc1nnc(C2=CC=CB2)[nH]1. The molecule has 0 saturated heterocycles. The zero-order valence-electron chi connectivity index (χ0n) is 6.33. The van der Waals surface area contributed by atoms with Gasteiger partial charge in [0.2, 0.25) is 0 Å². The fourth-order valence-electron chi connectivity index (χ4n) is 1.11. The molecule has 0 aromatic carbocycles. The molecular weight excluding hydrogens is 137 g/mol. The zero-order chi connectivity index (χ0) is 7.68. The molecule has 0 fully saturated rings. The summed E-state index contributed by atoms with van der Waals surface area (Å²) in [6, 6.07) is 0. The van der Waals surface area contributed by atoms with Gasteiger partial charge in [-0.3, -0.25) is 0 Å². The van der Waals surface area contributed by atoms with Gasteiger partial charge in [-0.25, -0.2) is 0 Å². The molecule has 0 radical (unpaired) electrons. The molecule has 1 aromatic rings. The predicted molar refractivity (Wildman–Crippen MR) is 45.4 cm³/mol. The van der Waals surface area contributed by atoms with E-state index >= 15 is 0 Å². The van der Waals surface area contributed by atoms with Crippen molar-refractivity contribution in [3.8, 4) is 0 Å². The van der Waals surface area contributed by atoms with E-state index in [9.17, 15) is 0 Å². The van der Waals surface area contributed by atoms with Crippen molar-refractivity contribution in [2.45, 2.75) is 6.92 Å². The van der Waals surface area contributed by atoms with E-state index in [-0.39, 0.29) is 0 Å². The Morgan fingerprint density at radius 2 is 2.36 bits per heavy atom. The standard InChI is InChI=1S/C7H8BN3/c1-5-9-7(11-10-5)6-3-2-4-8-6/h2-4,8H,1H3,(H,9,10,11). The number of rotatable bonds is 1. The number of nitrogens with one attached hydrogen (secondary N) is 1. The van der Waals surface area contributed by atoms with E-state index in [2.05, 4.69) is 27.2 Å². The quantitative estimate of drug-likeness (QED) is 0.581. The van der Waals surface area contributed by atoms with Crippen LogP contribution in [0.4, 0.5) is 0 Å². The maximum absolute atomic E-state index is 3.98. The smallest absolute Gasteiger partial charge is 0.187 e. The molecule has 0 spiro atoms. The molecule has 1 N–H and O–H groups in total. The summed E-state index contributed by atoms with van der Waals surface area (Å²) in [6.45, 7) is 1.90. The van der Waals surface area contributed by atoms with Crippen LogP contribution in [0.3, 0.4) is 0 Å². The number of aryl methyl sites for hydroxylation is 1. The normalized spacial score (nSPS) is 14.8. The first kappa shape index (κ1) is 6.40. The van der Waals surface area contributed by atoms with Crippen LogP contribution in [-0.2, 0) is 0 Å². The molecule has 11 heavy (non-hydrogen) atoms. The maximum atomic E-state index is 3.98.